The summed E-state index contributed by atoms with van der Waals surface area (Å²) in [5.41, 5.74) is 0.624. The van der Waals surface area contributed by atoms with E-state index in [1.54, 1.807) is 17.8 Å². The van der Waals surface area contributed by atoms with E-state index in [1.807, 2.05) is 0 Å². The highest BCUT2D eigenvalue weighted by Crippen LogP contribution is 2.37. The molecule has 1 N–H and O–H groups in total. The number of nitrogens with zero attached hydrogens (tertiary/aromatic N) is 1. The molecule has 1 fully saturated rings. The molecule has 6 nitrogen and oxygen atoms in total. The summed E-state index contributed by atoms with van der Waals surface area (Å²) in [6.07, 6.45) is 3.22. The number of nitrogens with one attached hydrogen (secondary N) is 1. The van der Waals surface area contributed by atoms with Gasteiger partial charge < -0.3 is 0 Å². The fourth-order valence-corrected chi connectivity index (χ4v) is 7.66. The zero-order valence-electron chi connectivity index (χ0n) is 16.3. The zero-order chi connectivity index (χ0) is 21.4. The number of hydrogen-bond donors (Lipinski definition) is 1. The van der Waals surface area contributed by atoms with Crippen molar-refractivity contribution in [2.24, 2.45) is 0 Å². The number of thioether (sulfide) groups is 1. The molecule has 2 aromatic carbocycles. The standard InChI is InChI=1S/C20H23FN2O4S3/c21-15-4-9-20-18(14-15)19(10-13-28-20)22-29(24,25)16-5-7-17(8-6-16)30(26,27)23-11-2-1-3-12-23/h4-9,14,19,22H,1-3,10-13H2. The highest BCUT2D eigenvalue weighted by Gasteiger charge is 2.29. The monoisotopic (exact) mass is 470 g/mol. The summed E-state index contributed by atoms with van der Waals surface area (Å²) in [5, 5.41) is 0. The molecule has 10 heteroatoms. The molecule has 0 bridgehead atoms. The van der Waals surface area contributed by atoms with Crippen molar-refractivity contribution in [3.63, 3.8) is 0 Å². The number of sulfonamides is 2. The van der Waals surface area contributed by atoms with Gasteiger partial charge in [-0.05, 0) is 73.0 Å². The molecule has 162 valence electrons. The van der Waals surface area contributed by atoms with Gasteiger partial charge in [0.15, 0.2) is 0 Å². The quantitative estimate of drug-likeness (QED) is 0.723. The lowest BCUT2D eigenvalue weighted by Crippen LogP contribution is -2.35. The summed E-state index contributed by atoms with van der Waals surface area (Å²) in [4.78, 5) is 0.930. The van der Waals surface area contributed by atoms with Crippen molar-refractivity contribution in [1.29, 1.82) is 0 Å². The van der Waals surface area contributed by atoms with Gasteiger partial charge in [0.25, 0.3) is 0 Å². The van der Waals surface area contributed by atoms with Gasteiger partial charge in [-0.3, -0.25) is 0 Å². The Morgan fingerprint density at radius 1 is 0.933 bits per heavy atom. The van der Waals surface area contributed by atoms with Crippen LogP contribution in [0.3, 0.4) is 0 Å². The number of benzene rings is 2. The predicted octanol–water partition coefficient (Wildman–Crippen LogP) is 3.52. The smallest absolute Gasteiger partial charge is 0.207 e. The van der Waals surface area contributed by atoms with Crippen LogP contribution in [0, 0.1) is 5.82 Å². The second-order valence-electron chi connectivity index (χ2n) is 7.43. The molecule has 2 aromatic rings. The van der Waals surface area contributed by atoms with Crippen molar-refractivity contribution in [2.75, 3.05) is 18.8 Å². The fraction of sp³-hybridized carbons (Fsp3) is 0.400. The first kappa shape index (κ1) is 21.8. The van der Waals surface area contributed by atoms with Crippen LogP contribution >= 0.6 is 11.8 Å². The maximum atomic E-state index is 13.7. The van der Waals surface area contributed by atoms with Gasteiger partial charge in [-0.15, -0.1) is 11.8 Å². The molecule has 2 heterocycles. The van der Waals surface area contributed by atoms with Gasteiger partial charge in [-0.25, -0.2) is 25.9 Å². The Hall–Kier alpha value is -1.46. The Kier molecular flexibility index (Phi) is 6.23. The van der Waals surface area contributed by atoms with Gasteiger partial charge in [0.1, 0.15) is 5.82 Å². The maximum absolute atomic E-state index is 13.7. The fourth-order valence-electron chi connectivity index (χ4n) is 3.79. The van der Waals surface area contributed by atoms with Crippen molar-refractivity contribution in [3.8, 4) is 0 Å². The lowest BCUT2D eigenvalue weighted by atomic mass is 10.0. The Bertz CT molecular complexity index is 1130. The van der Waals surface area contributed by atoms with Crippen molar-refractivity contribution in [2.45, 2.75) is 46.4 Å². The van der Waals surface area contributed by atoms with Crippen molar-refractivity contribution in [1.82, 2.24) is 9.03 Å². The van der Waals surface area contributed by atoms with E-state index in [1.165, 1.54) is 40.7 Å². The molecule has 0 amide bonds. The van der Waals surface area contributed by atoms with Gasteiger partial charge in [-0.2, -0.15) is 4.31 Å². The molecule has 1 atom stereocenters. The van der Waals surface area contributed by atoms with E-state index in [0.717, 1.165) is 29.9 Å². The molecule has 1 unspecified atom stereocenters. The SMILES string of the molecule is O=S(=O)(NC1CCSc2ccc(F)cc21)c1ccc(S(=O)(=O)N2CCCCC2)cc1. The van der Waals surface area contributed by atoms with Crippen molar-refractivity contribution >= 4 is 31.8 Å². The highest BCUT2D eigenvalue weighted by molar-refractivity contribution is 7.99. The minimum Gasteiger partial charge on any atom is -0.207 e. The van der Waals surface area contributed by atoms with E-state index < -0.39 is 31.9 Å². The highest BCUT2D eigenvalue weighted by atomic mass is 32.2. The Labute approximate surface area is 181 Å². The van der Waals surface area contributed by atoms with Crippen LogP contribution in [0.4, 0.5) is 4.39 Å². The van der Waals surface area contributed by atoms with E-state index in [4.69, 9.17) is 0 Å². The normalized spacial score (nSPS) is 20.6. The molecule has 0 radical (unpaired) electrons. The van der Waals surface area contributed by atoms with Gasteiger partial charge >= 0.3 is 0 Å². The van der Waals surface area contributed by atoms with Crippen LogP contribution in [0.2, 0.25) is 0 Å². The molecule has 2 aliphatic rings. The minimum absolute atomic E-state index is 0.0173. The summed E-state index contributed by atoms with van der Waals surface area (Å²) in [6, 6.07) is 9.15. The van der Waals surface area contributed by atoms with Crippen molar-refractivity contribution in [3.05, 3.63) is 53.8 Å². The van der Waals surface area contributed by atoms with Crippen LogP contribution in [0.15, 0.2) is 57.2 Å². The Balaban J connectivity index is 1.55. The van der Waals surface area contributed by atoms with Crippen LogP contribution in [-0.2, 0) is 20.0 Å². The zero-order valence-corrected chi connectivity index (χ0v) is 18.7. The molecule has 0 aromatic heterocycles. The van der Waals surface area contributed by atoms with Crippen LogP contribution < -0.4 is 4.72 Å². The third kappa shape index (κ3) is 4.43. The molecule has 1 saturated heterocycles. The number of piperidine rings is 1. The first-order chi connectivity index (χ1) is 14.3. The predicted molar refractivity (Wildman–Crippen MR) is 114 cm³/mol. The van der Waals surface area contributed by atoms with Gasteiger partial charge in [-0.1, -0.05) is 6.42 Å². The average Bonchev–Trinajstić information content (AvgIpc) is 2.75. The second kappa shape index (κ2) is 8.58. The van der Waals surface area contributed by atoms with E-state index in [9.17, 15) is 21.2 Å². The van der Waals surface area contributed by atoms with Crippen LogP contribution in [0.25, 0.3) is 0 Å². The molecular formula is C20H23FN2O4S3. The summed E-state index contributed by atoms with van der Waals surface area (Å²) in [7, 11) is -7.52. The van der Waals surface area contributed by atoms with E-state index in [0.29, 0.717) is 25.1 Å². The Morgan fingerprint density at radius 3 is 2.30 bits per heavy atom. The van der Waals surface area contributed by atoms with Crippen LogP contribution in [-0.4, -0.2) is 40.0 Å². The van der Waals surface area contributed by atoms with E-state index >= 15 is 0 Å². The molecular weight excluding hydrogens is 447 g/mol. The average molecular weight is 471 g/mol. The van der Waals surface area contributed by atoms with E-state index in [2.05, 4.69) is 4.72 Å². The van der Waals surface area contributed by atoms with Gasteiger partial charge in [0.05, 0.1) is 9.79 Å². The molecule has 0 saturated carbocycles. The minimum atomic E-state index is -3.89. The first-order valence-corrected chi connectivity index (χ1v) is 13.7. The molecule has 0 spiro atoms. The van der Waals surface area contributed by atoms with Gasteiger partial charge in [0.2, 0.25) is 20.0 Å². The first-order valence-electron chi connectivity index (χ1n) is 9.82. The number of halogens is 1. The third-order valence-electron chi connectivity index (χ3n) is 5.40. The molecule has 30 heavy (non-hydrogen) atoms. The van der Waals surface area contributed by atoms with Crippen LogP contribution in [0.5, 0.6) is 0 Å². The lowest BCUT2D eigenvalue weighted by Gasteiger charge is -2.26. The maximum Gasteiger partial charge on any atom is 0.243 e. The Morgan fingerprint density at radius 2 is 1.60 bits per heavy atom. The van der Waals surface area contributed by atoms with E-state index in [-0.39, 0.29) is 9.79 Å². The third-order valence-corrected chi connectivity index (χ3v) is 9.92. The molecule has 2 aliphatic heterocycles. The summed E-state index contributed by atoms with van der Waals surface area (Å²) < 4.78 is 69.1. The number of rotatable bonds is 5. The summed E-state index contributed by atoms with van der Waals surface area (Å²) in [5.74, 6) is 0.312. The summed E-state index contributed by atoms with van der Waals surface area (Å²) in [6.45, 7) is 0.971. The van der Waals surface area contributed by atoms with Gasteiger partial charge in [0, 0.05) is 24.0 Å². The van der Waals surface area contributed by atoms with Crippen LogP contribution in [0.1, 0.15) is 37.3 Å². The molecule has 0 aliphatic carbocycles. The van der Waals surface area contributed by atoms with Crippen molar-refractivity contribution < 1.29 is 21.2 Å². The largest absolute Gasteiger partial charge is 0.243 e. The number of fused-ring (bicyclic) bond motifs is 1. The summed E-state index contributed by atoms with van der Waals surface area (Å²) >= 11 is 1.57. The molecule has 4 rings (SSSR count). The topological polar surface area (TPSA) is 83.5 Å². The second-order valence-corrected chi connectivity index (χ2v) is 12.2. The lowest BCUT2D eigenvalue weighted by molar-refractivity contribution is 0.346. The number of hydrogen-bond acceptors (Lipinski definition) is 5.